The average molecular weight is 288 g/mol. The molecule has 1 aromatic carbocycles. The Kier molecular flexibility index (Phi) is 5.40. The van der Waals surface area contributed by atoms with Gasteiger partial charge in [-0.2, -0.15) is 0 Å². The van der Waals surface area contributed by atoms with Crippen molar-refractivity contribution in [3.05, 3.63) is 34.9 Å². The molecular formula is C18H28N2O. The lowest BCUT2D eigenvalue weighted by molar-refractivity contribution is -0.128. The second-order valence-electron chi connectivity index (χ2n) is 6.62. The van der Waals surface area contributed by atoms with E-state index in [0.29, 0.717) is 6.54 Å². The van der Waals surface area contributed by atoms with E-state index < -0.39 is 0 Å². The summed E-state index contributed by atoms with van der Waals surface area (Å²) >= 11 is 0. The Morgan fingerprint density at radius 3 is 2.76 bits per heavy atom. The normalized spacial score (nSPS) is 18.8. The molecule has 1 atom stereocenters. The van der Waals surface area contributed by atoms with Crippen molar-refractivity contribution in [1.29, 1.82) is 0 Å². The van der Waals surface area contributed by atoms with Crippen LogP contribution in [-0.4, -0.2) is 23.9 Å². The first-order chi connectivity index (χ1) is 9.99. The molecule has 1 aliphatic heterocycles. The molecule has 1 fully saturated rings. The fourth-order valence-electron chi connectivity index (χ4n) is 2.96. The van der Waals surface area contributed by atoms with E-state index in [1.165, 1.54) is 29.5 Å². The van der Waals surface area contributed by atoms with Gasteiger partial charge in [0.1, 0.15) is 6.17 Å². The smallest absolute Gasteiger partial charge is 0.238 e. The molecular weight excluding hydrogens is 260 g/mol. The number of rotatable bonds is 6. The van der Waals surface area contributed by atoms with E-state index in [2.05, 4.69) is 51.2 Å². The minimum absolute atomic E-state index is 0.0523. The summed E-state index contributed by atoms with van der Waals surface area (Å²) in [5.74, 6) is 0.970. The van der Waals surface area contributed by atoms with Crippen molar-refractivity contribution in [3.63, 3.8) is 0 Å². The van der Waals surface area contributed by atoms with Crippen molar-refractivity contribution in [2.24, 2.45) is 5.92 Å². The maximum Gasteiger partial charge on any atom is 0.238 e. The summed E-state index contributed by atoms with van der Waals surface area (Å²) in [7, 11) is 0. The highest BCUT2D eigenvalue weighted by atomic mass is 16.2. The maximum absolute atomic E-state index is 12.1. The molecule has 1 N–H and O–H groups in total. The van der Waals surface area contributed by atoms with Crippen LogP contribution in [-0.2, 0) is 4.79 Å². The summed E-state index contributed by atoms with van der Waals surface area (Å²) in [4.78, 5) is 14.2. The molecule has 0 saturated carbocycles. The third-order valence-electron chi connectivity index (χ3n) is 4.24. The molecule has 3 nitrogen and oxygen atoms in total. The van der Waals surface area contributed by atoms with Gasteiger partial charge in [-0.15, -0.1) is 0 Å². The molecule has 1 saturated heterocycles. The molecule has 1 aliphatic rings. The number of hydrogen-bond acceptors (Lipinski definition) is 2. The number of aryl methyl sites for hydroxylation is 2. The Morgan fingerprint density at radius 1 is 1.29 bits per heavy atom. The molecule has 1 unspecified atom stereocenters. The third-order valence-corrected chi connectivity index (χ3v) is 4.24. The van der Waals surface area contributed by atoms with Crippen LogP contribution in [0.3, 0.4) is 0 Å². The van der Waals surface area contributed by atoms with E-state index in [-0.39, 0.29) is 12.1 Å². The van der Waals surface area contributed by atoms with Gasteiger partial charge in [0.05, 0.1) is 6.54 Å². The van der Waals surface area contributed by atoms with Gasteiger partial charge >= 0.3 is 0 Å². The minimum Gasteiger partial charge on any atom is -0.322 e. The zero-order valence-corrected chi connectivity index (χ0v) is 13.8. The van der Waals surface area contributed by atoms with Crippen LogP contribution in [0, 0.1) is 19.8 Å². The van der Waals surface area contributed by atoms with Gasteiger partial charge in [0.2, 0.25) is 5.91 Å². The molecule has 1 amide bonds. The van der Waals surface area contributed by atoms with Crippen LogP contribution in [0.25, 0.3) is 0 Å². The monoisotopic (exact) mass is 288 g/mol. The van der Waals surface area contributed by atoms with Crippen molar-refractivity contribution in [3.8, 4) is 0 Å². The molecule has 116 valence electrons. The first-order valence-corrected chi connectivity index (χ1v) is 8.09. The van der Waals surface area contributed by atoms with Crippen molar-refractivity contribution in [2.75, 3.05) is 13.1 Å². The van der Waals surface area contributed by atoms with E-state index in [0.717, 1.165) is 18.9 Å². The van der Waals surface area contributed by atoms with Crippen LogP contribution in [0.2, 0.25) is 0 Å². The maximum atomic E-state index is 12.1. The summed E-state index contributed by atoms with van der Waals surface area (Å²) in [5, 5.41) is 3.37. The van der Waals surface area contributed by atoms with Crippen LogP contribution in [0.15, 0.2) is 18.2 Å². The molecule has 0 bridgehead atoms. The van der Waals surface area contributed by atoms with E-state index >= 15 is 0 Å². The van der Waals surface area contributed by atoms with Gasteiger partial charge in [-0.05, 0) is 37.3 Å². The summed E-state index contributed by atoms with van der Waals surface area (Å²) in [6, 6.07) is 6.47. The average Bonchev–Trinajstić information content (AvgIpc) is 2.79. The summed E-state index contributed by atoms with van der Waals surface area (Å²) in [6.45, 7) is 10.0. The highest BCUT2D eigenvalue weighted by Crippen LogP contribution is 2.26. The Morgan fingerprint density at radius 2 is 2.05 bits per heavy atom. The number of unbranched alkanes of at least 4 members (excludes halogenated alkanes) is 1. The number of carbonyl (C=O) groups is 1. The molecule has 0 aromatic heterocycles. The summed E-state index contributed by atoms with van der Waals surface area (Å²) in [6.07, 6.45) is 3.58. The van der Waals surface area contributed by atoms with E-state index in [9.17, 15) is 4.79 Å². The molecule has 0 spiro atoms. The van der Waals surface area contributed by atoms with Gasteiger partial charge in [0.25, 0.3) is 0 Å². The van der Waals surface area contributed by atoms with Gasteiger partial charge in [0, 0.05) is 6.54 Å². The second kappa shape index (κ2) is 7.08. The Labute approximate surface area is 128 Å². The highest BCUT2D eigenvalue weighted by molar-refractivity contribution is 5.81. The number of nitrogens with one attached hydrogen (secondary N) is 1. The van der Waals surface area contributed by atoms with Crippen LogP contribution in [0.5, 0.6) is 0 Å². The van der Waals surface area contributed by atoms with Gasteiger partial charge in [-0.1, -0.05) is 50.5 Å². The number of amides is 1. The fraction of sp³-hybridized carbons (Fsp3) is 0.611. The van der Waals surface area contributed by atoms with Gasteiger partial charge in [-0.25, -0.2) is 0 Å². The van der Waals surface area contributed by atoms with Crippen molar-refractivity contribution < 1.29 is 4.79 Å². The number of carbonyl (C=O) groups excluding carboxylic acids is 1. The minimum atomic E-state index is 0.0523. The Hall–Kier alpha value is -1.35. The molecule has 21 heavy (non-hydrogen) atoms. The standard InChI is InChI=1S/C18H28N2O/c1-13(2)7-5-6-10-20-17(21)12-19-18(20)16-11-14(3)8-9-15(16)4/h8-9,11,13,18-19H,5-7,10,12H2,1-4H3. The van der Waals surface area contributed by atoms with Crippen LogP contribution in [0.4, 0.5) is 0 Å². The largest absolute Gasteiger partial charge is 0.322 e. The molecule has 1 heterocycles. The predicted octanol–water partition coefficient (Wildman–Crippen LogP) is 3.56. The Bertz CT molecular complexity index is 496. The van der Waals surface area contributed by atoms with E-state index in [4.69, 9.17) is 0 Å². The lowest BCUT2D eigenvalue weighted by Crippen LogP contribution is -2.31. The van der Waals surface area contributed by atoms with Gasteiger partial charge in [0.15, 0.2) is 0 Å². The third kappa shape index (κ3) is 4.07. The summed E-state index contributed by atoms with van der Waals surface area (Å²) in [5.41, 5.74) is 3.74. The first-order valence-electron chi connectivity index (χ1n) is 8.09. The number of nitrogens with zero attached hydrogens (tertiary/aromatic N) is 1. The van der Waals surface area contributed by atoms with Crippen LogP contribution >= 0.6 is 0 Å². The number of hydrogen-bond donors (Lipinski definition) is 1. The lowest BCUT2D eigenvalue weighted by atomic mass is 10.0. The molecule has 0 radical (unpaired) electrons. The van der Waals surface area contributed by atoms with Crippen LogP contribution < -0.4 is 5.32 Å². The number of benzene rings is 1. The lowest BCUT2D eigenvalue weighted by Gasteiger charge is -2.26. The second-order valence-corrected chi connectivity index (χ2v) is 6.62. The Balaban J connectivity index is 2.04. The van der Waals surface area contributed by atoms with E-state index in [1.54, 1.807) is 0 Å². The SMILES string of the molecule is Cc1ccc(C)c(C2NCC(=O)N2CCCCC(C)C)c1. The quantitative estimate of drug-likeness (QED) is 0.812. The first kappa shape index (κ1) is 16.0. The van der Waals surface area contributed by atoms with Gasteiger partial charge < -0.3 is 4.90 Å². The molecule has 1 aromatic rings. The van der Waals surface area contributed by atoms with Crippen molar-refractivity contribution in [2.45, 2.75) is 53.1 Å². The topological polar surface area (TPSA) is 32.3 Å². The van der Waals surface area contributed by atoms with Crippen LogP contribution in [0.1, 0.15) is 56.0 Å². The van der Waals surface area contributed by atoms with E-state index in [1.807, 2.05) is 4.90 Å². The van der Waals surface area contributed by atoms with Gasteiger partial charge in [-0.3, -0.25) is 10.1 Å². The molecule has 2 rings (SSSR count). The molecule has 0 aliphatic carbocycles. The van der Waals surface area contributed by atoms with Crippen molar-refractivity contribution in [1.82, 2.24) is 10.2 Å². The summed E-state index contributed by atoms with van der Waals surface area (Å²) < 4.78 is 0. The predicted molar refractivity (Wildman–Crippen MR) is 87.1 cm³/mol. The zero-order valence-electron chi connectivity index (χ0n) is 13.8. The highest BCUT2D eigenvalue weighted by Gasteiger charge is 2.31. The zero-order chi connectivity index (χ0) is 15.4. The fourth-order valence-corrected chi connectivity index (χ4v) is 2.96. The molecule has 3 heteroatoms. The van der Waals surface area contributed by atoms with Crippen molar-refractivity contribution >= 4 is 5.91 Å².